The molecular weight excluding hydrogens is 314 g/mol. The van der Waals surface area contributed by atoms with Crippen LogP contribution in [-0.4, -0.2) is 15.9 Å². The first-order chi connectivity index (χ1) is 9.75. The zero-order chi connectivity index (χ0) is 13.9. The molecular formula is C16H16BrN3. The Morgan fingerprint density at radius 2 is 1.95 bits per heavy atom. The predicted molar refractivity (Wildman–Crippen MR) is 86.3 cm³/mol. The lowest BCUT2D eigenvalue weighted by Gasteiger charge is -2.08. The Hall–Kier alpha value is -1.81. The number of aryl methyl sites for hydroxylation is 1. The largest absolute Gasteiger partial charge is 0.384 e. The number of aromatic nitrogens is 2. The van der Waals surface area contributed by atoms with E-state index in [2.05, 4.69) is 74.1 Å². The minimum Gasteiger partial charge on any atom is -0.384 e. The zero-order valence-electron chi connectivity index (χ0n) is 11.3. The fourth-order valence-corrected chi connectivity index (χ4v) is 2.85. The fraction of sp³-hybridized carbons (Fsp3) is 0.188. The van der Waals surface area contributed by atoms with E-state index in [0.29, 0.717) is 0 Å². The Bertz CT molecular complexity index is 733. The highest BCUT2D eigenvalue weighted by Crippen LogP contribution is 2.19. The van der Waals surface area contributed by atoms with E-state index in [1.54, 1.807) is 0 Å². The topological polar surface area (TPSA) is 29.3 Å². The van der Waals surface area contributed by atoms with Crippen molar-refractivity contribution in [1.29, 1.82) is 0 Å². The standard InChI is InChI=1S/C16H16BrN3/c1-12-6-2-3-7-13(12)18-10-9-15-19-16(17)14-8-4-5-11-20(14)15/h2-8,11,18H,9-10H2,1H3. The molecule has 1 N–H and O–H groups in total. The molecule has 0 amide bonds. The molecule has 3 rings (SSSR count). The summed E-state index contributed by atoms with van der Waals surface area (Å²) in [4.78, 5) is 4.58. The summed E-state index contributed by atoms with van der Waals surface area (Å²) in [6, 6.07) is 14.4. The second kappa shape index (κ2) is 5.67. The summed E-state index contributed by atoms with van der Waals surface area (Å²) < 4.78 is 3.04. The third-order valence-electron chi connectivity index (χ3n) is 3.39. The Morgan fingerprint density at radius 3 is 2.80 bits per heavy atom. The molecule has 0 spiro atoms. The molecule has 0 radical (unpaired) electrons. The van der Waals surface area contributed by atoms with E-state index in [-0.39, 0.29) is 0 Å². The van der Waals surface area contributed by atoms with Gasteiger partial charge in [-0.25, -0.2) is 4.98 Å². The van der Waals surface area contributed by atoms with Crippen LogP contribution in [0.3, 0.4) is 0 Å². The molecule has 2 aromatic heterocycles. The van der Waals surface area contributed by atoms with Gasteiger partial charge in [0, 0.05) is 24.8 Å². The van der Waals surface area contributed by atoms with E-state index in [1.165, 1.54) is 11.3 Å². The first-order valence-electron chi connectivity index (χ1n) is 6.66. The van der Waals surface area contributed by atoms with Crippen LogP contribution in [0.5, 0.6) is 0 Å². The van der Waals surface area contributed by atoms with Crippen molar-refractivity contribution in [3.05, 3.63) is 64.7 Å². The Labute approximate surface area is 126 Å². The van der Waals surface area contributed by atoms with Crippen molar-refractivity contribution < 1.29 is 0 Å². The maximum atomic E-state index is 4.58. The predicted octanol–water partition coefficient (Wildman–Crippen LogP) is 4.06. The van der Waals surface area contributed by atoms with Crippen LogP contribution in [0, 0.1) is 6.92 Å². The summed E-state index contributed by atoms with van der Waals surface area (Å²) in [5, 5.41) is 3.47. The third-order valence-corrected chi connectivity index (χ3v) is 3.97. The molecule has 4 heteroatoms. The van der Waals surface area contributed by atoms with Crippen LogP contribution < -0.4 is 5.32 Å². The number of fused-ring (bicyclic) bond motifs is 1. The highest BCUT2D eigenvalue weighted by atomic mass is 79.9. The van der Waals surface area contributed by atoms with Crippen molar-refractivity contribution >= 4 is 27.1 Å². The van der Waals surface area contributed by atoms with E-state index in [1.807, 2.05) is 12.1 Å². The van der Waals surface area contributed by atoms with E-state index >= 15 is 0 Å². The highest BCUT2D eigenvalue weighted by Gasteiger charge is 2.07. The van der Waals surface area contributed by atoms with Crippen molar-refractivity contribution in [2.24, 2.45) is 0 Å². The van der Waals surface area contributed by atoms with Crippen molar-refractivity contribution in [3.63, 3.8) is 0 Å². The minimum absolute atomic E-state index is 0.866. The number of hydrogen-bond acceptors (Lipinski definition) is 2. The minimum atomic E-state index is 0.866. The molecule has 0 aliphatic rings. The number of nitrogens with zero attached hydrogens (tertiary/aromatic N) is 2. The smallest absolute Gasteiger partial charge is 0.132 e. The molecule has 0 atom stereocenters. The molecule has 0 saturated carbocycles. The van der Waals surface area contributed by atoms with Gasteiger partial charge in [-0.15, -0.1) is 0 Å². The molecule has 20 heavy (non-hydrogen) atoms. The van der Waals surface area contributed by atoms with Gasteiger partial charge >= 0.3 is 0 Å². The van der Waals surface area contributed by atoms with Crippen LogP contribution in [0.2, 0.25) is 0 Å². The second-order valence-electron chi connectivity index (χ2n) is 4.77. The van der Waals surface area contributed by atoms with Crippen LogP contribution in [0.15, 0.2) is 53.3 Å². The number of benzene rings is 1. The van der Waals surface area contributed by atoms with Gasteiger partial charge in [0.05, 0.1) is 5.52 Å². The zero-order valence-corrected chi connectivity index (χ0v) is 12.9. The summed E-state index contributed by atoms with van der Waals surface area (Å²) in [5.74, 6) is 1.06. The van der Waals surface area contributed by atoms with Crippen molar-refractivity contribution in [1.82, 2.24) is 9.38 Å². The number of halogens is 1. The van der Waals surface area contributed by atoms with Crippen LogP contribution >= 0.6 is 15.9 Å². The molecule has 3 nitrogen and oxygen atoms in total. The van der Waals surface area contributed by atoms with Gasteiger partial charge in [-0.1, -0.05) is 24.3 Å². The van der Waals surface area contributed by atoms with E-state index in [0.717, 1.165) is 28.9 Å². The molecule has 102 valence electrons. The van der Waals surface area contributed by atoms with Crippen LogP contribution in [-0.2, 0) is 6.42 Å². The molecule has 2 heterocycles. The van der Waals surface area contributed by atoms with E-state index in [4.69, 9.17) is 0 Å². The summed E-state index contributed by atoms with van der Waals surface area (Å²) in [5.41, 5.74) is 3.56. The SMILES string of the molecule is Cc1ccccc1NCCc1nc(Br)c2ccccn12. The number of pyridine rings is 1. The molecule has 0 aliphatic heterocycles. The molecule has 0 unspecified atom stereocenters. The van der Waals surface area contributed by atoms with Crippen LogP contribution in [0.25, 0.3) is 5.52 Å². The summed E-state index contributed by atoms with van der Waals surface area (Å²) in [6.45, 7) is 2.98. The number of anilines is 1. The Morgan fingerprint density at radius 1 is 1.15 bits per heavy atom. The van der Waals surface area contributed by atoms with Gasteiger partial charge in [-0.3, -0.25) is 0 Å². The molecule has 0 bridgehead atoms. The lowest BCUT2D eigenvalue weighted by atomic mass is 10.2. The van der Waals surface area contributed by atoms with E-state index in [9.17, 15) is 0 Å². The summed E-state index contributed by atoms with van der Waals surface area (Å²) in [6.07, 6.45) is 2.93. The highest BCUT2D eigenvalue weighted by molar-refractivity contribution is 9.10. The summed E-state index contributed by atoms with van der Waals surface area (Å²) >= 11 is 3.51. The monoisotopic (exact) mass is 329 g/mol. The average molecular weight is 330 g/mol. The molecule has 0 saturated heterocycles. The van der Waals surface area contributed by atoms with Crippen molar-refractivity contribution in [2.45, 2.75) is 13.3 Å². The van der Waals surface area contributed by atoms with Crippen LogP contribution in [0.4, 0.5) is 5.69 Å². The van der Waals surface area contributed by atoms with Gasteiger partial charge in [0.1, 0.15) is 10.4 Å². The van der Waals surface area contributed by atoms with Gasteiger partial charge in [0.2, 0.25) is 0 Å². The maximum absolute atomic E-state index is 4.58. The normalized spacial score (nSPS) is 10.9. The van der Waals surface area contributed by atoms with Gasteiger partial charge < -0.3 is 9.72 Å². The van der Waals surface area contributed by atoms with Crippen molar-refractivity contribution in [2.75, 3.05) is 11.9 Å². The van der Waals surface area contributed by atoms with Crippen LogP contribution in [0.1, 0.15) is 11.4 Å². The number of para-hydroxylation sites is 1. The molecule has 3 aromatic rings. The summed E-state index contributed by atoms with van der Waals surface area (Å²) in [7, 11) is 0. The van der Waals surface area contributed by atoms with E-state index < -0.39 is 0 Å². The number of nitrogens with one attached hydrogen (secondary N) is 1. The first kappa shape index (κ1) is 13.2. The third kappa shape index (κ3) is 2.56. The first-order valence-corrected chi connectivity index (χ1v) is 7.46. The fourth-order valence-electron chi connectivity index (χ4n) is 2.32. The number of imidazole rings is 1. The number of hydrogen-bond donors (Lipinski definition) is 1. The quantitative estimate of drug-likeness (QED) is 0.782. The molecule has 0 fully saturated rings. The molecule has 0 aliphatic carbocycles. The second-order valence-corrected chi connectivity index (χ2v) is 5.52. The van der Waals surface area contributed by atoms with Gasteiger partial charge in [-0.05, 0) is 46.6 Å². The van der Waals surface area contributed by atoms with Gasteiger partial charge in [0.25, 0.3) is 0 Å². The maximum Gasteiger partial charge on any atom is 0.132 e. The van der Waals surface area contributed by atoms with Gasteiger partial charge in [-0.2, -0.15) is 0 Å². The average Bonchev–Trinajstić information content (AvgIpc) is 2.78. The lowest BCUT2D eigenvalue weighted by Crippen LogP contribution is -2.08. The van der Waals surface area contributed by atoms with Crippen molar-refractivity contribution in [3.8, 4) is 0 Å². The van der Waals surface area contributed by atoms with Gasteiger partial charge in [0.15, 0.2) is 0 Å². The molecule has 1 aromatic carbocycles. The lowest BCUT2D eigenvalue weighted by molar-refractivity contribution is 0.886. The Balaban J connectivity index is 1.73. The number of rotatable bonds is 4. The Kier molecular flexibility index (Phi) is 3.74.